The van der Waals surface area contributed by atoms with Crippen molar-refractivity contribution in [2.75, 3.05) is 39.0 Å². The first-order chi connectivity index (χ1) is 8.99. The molecule has 0 saturated heterocycles. The Hall–Kier alpha value is -1.10. The van der Waals surface area contributed by atoms with Crippen molar-refractivity contribution in [1.82, 2.24) is 10.2 Å². The molecule has 0 fully saturated rings. The molecule has 106 valence electrons. The van der Waals surface area contributed by atoms with Crippen molar-refractivity contribution in [3.63, 3.8) is 0 Å². The highest BCUT2D eigenvalue weighted by Gasteiger charge is 2.04. The SMILES string of the molecule is Cc1ccc(Cl)cc1NC(=O)CNCCCN(C)C. The number of rotatable bonds is 7. The zero-order valence-corrected chi connectivity index (χ0v) is 12.5. The van der Waals surface area contributed by atoms with Crippen LogP contribution in [0.15, 0.2) is 18.2 Å². The van der Waals surface area contributed by atoms with Gasteiger partial charge in [0.25, 0.3) is 0 Å². The summed E-state index contributed by atoms with van der Waals surface area (Å²) in [7, 11) is 4.07. The second-order valence-corrected chi connectivity index (χ2v) is 5.28. The number of carbonyl (C=O) groups is 1. The molecule has 0 unspecified atom stereocenters. The highest BCUT2D eigenvalue weighted by atomic mass is 35.5. The van der Waals surface area contributed by atoms with E-state index in [4.69, 9.17) is 11.6 Å². The van der Waals surface area contributed by atoms with Crippen LogP contribution in [0.3, 0.4) is 0 Å². The second kappa shape index (κ2) is 8.15. The molecule has 0 bridgehead atoms. The molecule has 5 heteroatoms. The van der Waals surface area contributed by atoms with Crippen molar-refractivity contribution in [2.24, 2.45) is 0 Å². The fraction of sp³-hybridized carbons (Fsp3) is 0.500. The Labute approximate surface area is 120 Å². The van der Waals surface area contributed by atoms with E-state index >= 15 is 0 Å². The molecule has 1 amide bonds. The van der Waals surface area contributed by atoms with E-state index < -0.39 is 0 Å². The molecular weight excluding hydrogens is 262 g/mol. The van der Waals surface area contributed by atoms with E-state index in [2.05, 4.69) is 15.5 Å². The van der Waals surface area contributed by atoms with Crippen LogP contribution in [0.1, 0.15) is 12.0 Å². The lowest BCUT2D eigenvalue weighted by Gasteiger charge is -2.11. The largest absolute Gasteiger partial charge is 0.325 e. The van der Waals surface area contributed by atoms with Crippen LogP contribution in [0.25, 0.3) is 0 Å². The molecule has 2 N–H and O–H groups in total. The van der Waals surface area contributed by atoms with Gasteiger partial charge in [0.05, 0.1) is 6.54 Å². The number of anilines is 1. The number of hydrogen-bond acceptors (Lipinski definition) is 3. The Balaban J connectivity index is 2.29. The molecule has 0 radical (unpaired) electrons. The Morgan fingerprint density at radius 1 is 1.37 bits per heavy atom. The van der Waals surface area contributed by atoms with Gasteiger partial charge >= 0.3 is 0 Å². The number of aryl methyl sites for hydroxylation is 1. The number of nitrogens with zero attached hydrogens (tertiary/aromatic N) is 1. The van der Waals surface area contributed by atoms with Crippen molar-refractivity contribution in [3.8, 4) is 0 Å². The lowest BCUT2D eigenvalue weighted by Crippen LogP contribution is -2.30. The maximum Gasteiger partial charge on any atom is 0.238 e. The van der Waals surface area contributed by atoms with Crippen LogP contribution in [0, 0.1) is 6.92 Å². The summed E-state index contributed by atoms with van der Waals surface area (Å²) in [5, 5.41) is 6.60. The Morgan fingerprint density at radius 3 is 2.79 bits per heavy atom. The van der Waals surface area contributed by atoms with E-state index in [0.29, 0.717) is 11.6 Å². The summed E-state index contributed by atoms with van der Waals surface area (Å²) in [5.74, 6) is -0.0461. The molecule has 0 saturated carbocycles. The van der Waals surface area contributed by atoms with Gasteiger partial charge in [0, 0.05) is 10.7 Å². The average Bonchev–Trinajstić information content (AvgIpc) is 2.33. The van der Waals surface area contributed by atoms with Gasteiger partial charge < -0.3 is 15.5 Å². The molecule has 0 aliphatic carbocycles. The van der Waals surface area contributed by atoms with Crippen LogP contribution in [-0.2, 0) is 4.79 Å². The quantitative estimate of drug-likeness (QED) is 0.754. The predicted molar refractivity (Wildman–Crippen MR) is 80.9 cm³/mol. The van der Waals surface area contributed by atoms with Crippen LogP contribution in [0.5, 0.6) is 0 Å². The van der Waals surface area contributed by atoms with Gasteiger partial charge in [-0.25, -0.2) is 0 Å². The fourth-order valence-corrected chi connectivity index (χ4v) is 1.82. The van der Waals surface area contributed by atoms with Gasteiger partial charge in [-0.3, -0.25) is 4.79 Å². The summed E-state index contributed by atoms with van der Waals surface area (Å²) < 4.78 is 0. The first-order valence-electron chi connectivity index (χ1n) is 6.40. The topological polar surface area (TPSA) is 44.4 Å². The van der Waals surface area contributed by atoms with Crippen LogP contribution < -0.4 is 10.6 Å². The number of halogens is 1. The summed E-state index contributed by atoms with van der Waals surface area (Å²) in [4.78, 5) is 13.9. The fourth-order valence-electron chi connectivity index (χ4n) is 1.65. The van der Waals surface area contributed by atoms with E-state index in [1.54, 1.807) is 6.07 Å². The summed E-state index contributed by atoms with van der Waals surface area (Å²) in [5.41, 5.74) is 1.78. The lowest BCUT2D eigenvalue weighted by molar-refractivity contribution is -0.115. The average molecular weight is 284 g/mol. The summed E-state index contributed by atoms with van der Waals surface area (Å²) in [6, 6.07) is 5.47. The second-order valence-electron chi connectivity index (χ2n) is 4.84. The van der Waals surface area contributed by atoms with Crippen molar-refractivity contribution in [3.05, 3.63) is 28.8 Å². The van der Waals surface area contributed by atoms with E-state index in [1.165, 1.54) is 0 Å². The van der Waals surface area contributed by atoms with Crippen LogP contribution >= 0.6 is 11.6 Å². The first kappa shape index (κ1) is 16.0. The summed E-state index contributed by atoms with van der Waals surface area (Å²) in [6.45, 7) is 4.11. The standard InChI is InChI=1S/C14H22ClN3O/c1-11-5-6-12(15)9-13(11)17-14(19)10-16-7-4-8-18(2)3/h5-6,9,16H,4,7-8,10H2,1-3H3,(H,17,19). The monoisotopic (exact) mass is 283 g/mol. The van der Waals surface area contributed by atoms with Crippen molar-refractivity contribution in [1.29, 1.82) is 0 Å². The van der Waals surface area contributed by atoms with E-state index in [1.807, 2.05) is 33.2 Å². The van der Waals surface area contributed by atoms with Crippen molar-refractivity contribution in [2.45, 2.75) is 13.3 Å². The van der Waals surface area contributed by atoms with Crippen molar-refractivity contribution < 1.29 is 4.79 Å². The van der Waals surface area contributed by atoms with Gasteiger partial charge in [-0.15, -0.1) is 0 Å². The molecule has 0 atom stereocenters. The minimum Gasteiger partial charge on any atom is -0.325 e. The van der Waals surface area contributed by atoms with Gasteiger partial charge in [-0.2, -0.15) is 0 Å². The molecule has 19 heavy (non-hydrogen) atoms. The molecule has 0 aromatic heterocycles. The molecule has 1 aromatic rings. The zero-order chi connectivity index (χ0) is 14.3. The molecule has 4 nitrogen and oxygen atoms in total. The minimum atomic E-state index is -0.0461. The third-order valence-electron chi connectivity index (χ3n) is 2.72. The molecule has 1 aromatic carbocycles. The number of nitrogens with one attached hydrogen (secondary N) is 2. The van der Waals surface area contributed by atoms with Crippen LogP contribution in [0.4, 0.5) is 5.69 Å². The summed E-state index contributed by atoms with van der Waals surface area (Å²) in [6.07, 6.45) is 1.02. The number of hydrogen-bond donors (Lipinski definition) is 2. The van der Waals surface area contributed by atoms with E-state index in [0.717, 1.165) is 30.8 Å². The molecule has 1 rings (SSSR count). The van der Waals surface area contributed by atoms with Crippen LogP contribution in [-0.4, -0.2) is 44.5 Å². The Bertz CT molecular complexity index is 421. The third-order valence-corrected chi connectivity index (χ3v) is 2.95. The number of benzene rings is 1. The highest BCUT2D eigenvalue weighted by molar-refractivity contribution is 6.31. The Morgan fingerprint density at radius 2 is 2.11 bits per heavy atom. The molecular formula is C14H22ClN3O. The molecule has 0 spiro atoms. The van der Waals surface area contributed by atoms with Crippen LogP contribution in [0.2, 0.25) is 5.02 Å². The van der Waals surface area contributed by atoms with Gasteiger partial charge in [0.15, 0.2) is 0 Å². The predicted octanol–water partition coefficient (Wildman–Crippen LogP) is 2.13. The van der Waals surface area contributed by atoms with E-state index in [-0.39, 0.29) is 5.91 Å². The molecule has 0 aliphatic rings. The highest BCUT2D eigenvalue weighted by Crippen LogP contribution is 2.19. The lowest BCUT2D eigenvalue weighted by atomic mass is 10.2. The molecule has 0 heterocycles. The number of carbonyl (C=O) groups excluding carboxylic acids is 1. The van der Waals surface area contributed by atoms with Gasteiger partial charge in [0.2, 0.25) is 5.91 Å². The van der Waals surface area contributed by atoms with Gasteiger partial charge in [0.1, 0.15) is 0 Å². The van der Waals surface area contributed by atoms with Crippen molar-refractivity contribution >= 4 is 23.2 Å². The third kappa shape index (κ3) is 6.57. The minimum absolute atomic E-state index is 0.0461. The Kier molecular flexibility index (Phi) is 6.84. The number of amides is 1. The first-order valence-corrected chi connectivity index (χ1v) is 6.78. The zero-order valence-electron chi connectivity index (χ0n) is 11.8. The summed E-state index contributed by atoms with van der Waals surface area (Å²) >= 11 is 5.90. The molecule has 0 aliphatic heterocycles. The van der Waals surface area contributed by atoms with Gasteiger partial charge in [-0.05, 0) is 58.2 Å². The maximum atomic E-state index is 11.7. The van der Waals surface area contributed by atoms with Gasteiger partial charge in [-0.1, -0.05) is 17.7 Å². The maximum absolute atomic E-state index is 11.7. The van der Waals surface area contributed by atoms with E-state index in [9.17, 15) is 4.79 Å². The normalized spacial score (nSPS) is 10.8. The smallest absolute Gasteiger partial charge is 0.238 e.